The number of benzene rings is 1. The molecule has 1 unspecified atom stereocenters. The Morgan fingerprint density at radius 2 is 2.04 bits per heavy atom. The zero-order valence-electron chi connectivity index (χ0n) is 16.5. The van der Waals surface area contributed by atoms with Gasteiger partial charge in [-0.05, 0) is 24.1 Å². The van der Waals surface area contributed by atoms with Gasteiger partial charge in [0, 0.05) is 46.1 Å². The molecule has 0 radical (unpaired) electrons. The van der Waals surface area contributed by atoms with E-state index in [9.17, 15) is 4.79 Å². The van der Waals surface area contributed by atoms with Crippen LogP contribution < -0.4 is 5.32 Å². The zero-order valence-corrected chi connectivity index (χ0v) is 18.8. The zero-order chi connectivity index (χ0) is 19.1. The van der Waals surface area contributed by atoms with E-state index in [0.29, 0.717) is 5.92 Å². The van der Waals surface area contributed by atoms with Crippen LogP contribution in [0.25, 0.3) is 0 Å². The van der Waals surface area contributed by atoms with Crippen molar-refractivity contribution in [3.05, 3.63) is 60.1 Å². The highest BCUT2D eigenvalue weighted by atomic mass is 127. The van der Waals surface area contributed by atoms with Gasteiger partial charge >= 0.3 is 0 Å². The number of hydrogen-bond donors (Lipinski definition) is 1. The lowest BCUT2D eigenvalue weighted by Gasteiger charge is -2.22. The first-order valence-corrected chi connectivity index (χ1v) is 9.44. The molecule has 1 N–H and O–H groups in total. The van der Waals surface area contributed by atoms with Crippen LogP contribution in [0.3, 0.4) is 0 Å². The summed E-state index contributed by atoms with van der Waals surface area (Å²) in [6, 6.07) is 14.5. The second-order valence-electron chi connectivity index (χ2n) is 7.03. The number of guanidine groups is 1. The Morgan fingerprint density at radius 3 is 2.71 bits per heavy atom. The molecule has 1 fully saturated rings. The maximum Gasteiger partial charge on any atom is 0.243 e. The molecule has 1 aliphatic rings. The van der Waals surface area contributed by atoms with E-state index in [1.54, 1.807) is 25.3 Å². The molecule has 28 heavy (non-hydrogen) atoms. The summed E-state index contributed by atoms with van der Waals surface area (Å²) in [5.74, 6) is 2.23. The van der Waals surface area contributed by atoms with Crippen molar-refractivity contribution in [3.63, 3.8) is 0 Å². The molecule has 1 amide bonds. The smallest absolute Gasteiger partial charge is 0.243 e. The molecule has 2 heterocycles. The third-order valence-corrected chi connectivity index (χ3v) is 4.86. The van der Waals surface area contributed by atoms with E-state index in [1.807, 2.05) is 18.2 Å². The molecule has 1 aromatic heterocycles. The molecule has 2 aromatic rings. The highest BCUT2D eigenvalue weighted by Gasteiger charge is 2.26. The molecule has 3 rings (SSSR count). The summed E-state index contributed by atoms with van der Waals surface area (Å²) in [7, 11) is 3.51. The average Bonchev–Trinajstić information content (AvgIpc) is 3.37. The number of likely N-dealkylation sites (tertiary alicyclic amines) is 1. The Bertz CT molecular complexity index is 747. The van der Waals surface area contributed by atoms with Gasteiger partial charge in [0.1, 0.15) is 12.3 Å². The van der Waals surface area contributed by atoms with Crippen molar-refractivity contribution < 1.29 is 9.21 Å². The van der Waals surface area contributed by atoms with Crippen LogP contribution in [0.4, 0.5) is 0 Å². The van der Waals surface area contributed by atoms with Crippen molar-refractivity contribution >= 4 is 35.8 Å². The number of halogens is 1. The van der Waals surface area contributed by atoms with Gasteiger partial charge in [-0.25, -0.2) is 4.99 Å². The molecule has 6 nitrogen and oxygen atoms in total. The third kappa shape index (κ3) is 6.25. The van der Waals surface area contributed by atoms with Crippen LogP contribution in [-0.4, -0.2) is 61.9 Å². The fraction of sp³-hybridized carbons (Fsp3) is 0.429. The van der Waals surface area contributed by atoms with Crippen molar-refractivity contribution in [3.8, 4) is 0 Å². The number of nitrogens with one attached hydrogen (secondary N) is 1. The molecule has 1 aliphatic heterocycles. The molecule has 1 saturated heterocycles. The molecule has 1 aromatic carbocycles. The molecule has 0 bridgehead atoms. The van der Waals surface area contributed by atoms with Gasteiger partial charge in [0.05, 0.1) is 6.26 Å². The van der Waals surface area contributed by atoms with Gasteiger partial charge in [-0.2, -0.15) is 0 Å². The first-order valence-electron chi connectivity index (χ1n) is 9.44. The number of furan rings is 1. The van der Waals surface area contributed by atoms with Crippen LogP contribution in [0.15, 0.2) is 58.1 Å². The predicted molar refractivity (Wildman–Crippen MR) is 122 cm³/mol. The lowest BCUT2D eigenvalue weighted by atomic mass is 9.99. The summed E-state index contributed by atoms with van der Waals surface area (Å²) < 4.78 is 5.39. The molecule has 7 heteroatoms. The Morgan fingerprint density at radius 1 is 1.25 bits per heavy atom. The summed E-state index contributed by atoms with van der Waals surface area (Å²) in [6.45, 7) is 2.71. The maximum absolute atomic E-state index is 12.0. The van der Waals surface area contributed by atoms with Crippen LogP contribution in [0.5, 0.6) is 0 Å². The molecule has 0 aliphatic carbocycles. The van der Waals surface area contributed by atoms with Crippen LogP contribution in [-0.2, 0) is 11.2 Å². The van der Waals surface area contributed by atoms with Gasteiger partial charge in [0.25, 0.3) is 0 Å². The van der Waals surface area contributed by atoms with E-state index in [0.717, 1.165) is 44.2 Å². The van der Waals surface area contributed by atoms with E-state index in [1.165, 1.54) is 5.56 Å². The second kappa shape index (κ2) is 11.1. The molecule has 0 saturated carbocycles. The van der Waals surface area contributed by atoms with E-state index in [4.69, 9.17) is 4.42 Å². The lowest BCUT2D eigenvalue weighted by molar-refractivity contribution is -0.127. The minimum atomic E-state index is -0.000795. The largest absolute Gasteiger partial charge is 0.469 e. The van der Waals surface area contributed by atoms with Crippen LogP contribution in [0.2, 0.25) is 0 Å². The summed E-state index contributed by atoms with van der Waals surface area (Å²) in [5, 5.41) is 3.41. The first-order chi connectivity index (χ1) is 13.1. The predicted octanol–water partition coefficient (Wildman–Crippen LogP) is 2.96. The van der Waals surface area contributed by atoms with Gasteiger partial charge in [-0.3, -0.25) is 4.79 Å². The number of carbonyl (C=O) groups is 1. The highest BCUT2D eigenvalue weighted by molar-refractivity contribution is 14.0. The van der Waals surface area contributed by atoms with Gasteiger partial charge in [0.15, 0.2) is 5.96 Å². The monoisotopic (exact) mass is 496 g/mol. The summed E-state index contributed by atoms with van der Waals surface area (Å²) in [4.78, 5) is 20.4. The Labute approximate surface area is 184 Å². The standard InChI is InChI=1S/C21H28N4O2.HI/c1-24(2)20(26)15-23-21(22-12-10-19-9-6-14-27-19)25-13-11-18(16-25)17-7-4-3-5-8-17;/h3-9,14,18H,10-13,15-16H2,1-2H3,(H,22,23);1H. The Hall–Kier alpha value is -2.03. The average molecular weight is 496 g/mol. The van der Waals surface area contributed by atoms with Gasteiger partial charge in [-0.15, -0.1) is 24.0 Å². The molecule has 152 valence electrons. The number of amides is 1. The normalized spacial score (nSPS) is 16.6. The van der Waals surface area contributed by atoms with E-state index >= 15 is 0 Å². The van der Waals surface area contributed by atoms with E-state index in [2.05, 4.69) is 39.5 Å². The number of likely N-dealkylation sites (N-methyl/N-ethyl adjacent to an activating group) is 1. The van der Waals surface area contributed by atoms with Crippen molar-refractivity contribution in [1.82, 2.24) is 15.1 Å². The van der Waals surface area contributed by atoms with Crippen LogP contribution in [0.1, 0.15) is 23.7 Å². The number of aliphatic imine (C=N–C) groups is 1. The molecular formula is C21H29IN4O2. The maximum atomic E-state index is 12.0. The van der Waals surface area contributed by atoms with E-state index < -0.39 is 0 Å². The fourth-order valence-corrected chi connectivity index (χ4v) is 3.25. The fourth-order valence-electron chi connectivity index (χ4n) is 3.25. The van der Waals surface area contributed by atoms with Gasteiger partial charge in [-0.1, -0.05) is 30.3 Å². The van der Waals surface area contributed by atoms with Gasteiger partial charge in [0.2, 0.25) is 5.91 Å². The molecule has 0 spiro atoms. The van der Waals surface area contributed by atoms with Crippen molar-refractivity contribution in [2.75, 3.05) is 40.3 Å². The topological polar surface area (TPSA) is 61.1 Å². The van der Waals surface area contributed by atoms with Crippen molar-refractivity contribution in [1.29, 1.82) is 0 Å². The highest BCUT2D eigenvalue weighted by Crippen LogP contribution is 2.26. The Balaban J connectivity index is 0.00000280. The minimum Gasteiger partial charge on any atom is -0.469 e. The minimum absolute atomic E-state index is 0. The lowest BCUT2D eigenvalue weighted by Crippen LogP contribution is -2.41. The second-order valence-corrected chi connectivity index (χ2v) is 7.03. The number of hydrogen-bond acceptors (Lipinski definition) is 3. The number of rotatable bonds is 6. The SMILES string of the molecule is CN(C)C(=O)CN=C(NCCc1ccco1)N1CCC(c2ccccc2)C1.I. The number of carbonyl (C=O) groups excluding carboxylic acids is 1. The van der Waals surface area contributed by atoms with Crippen molar-refractivity contribution in [2.45, 2.75) is 18.8 Å². The van der Waals surface area contributed by atoms with Crippen LogP contribution in [0, 0.1) is 0 Å². The first kappa shape index (κ1) is 22.3. The quantitative estimate of drug-likeness (QED) is 0.380. The Kier molecular flexibility index (Phi) is 8.82. The van der Waals surface area contributed by atoms with Crippen molar-refractivity contribution in [2.24, 2.45) is 4.99 Å². The van der Waals surface area contributed by atoms with E-state index in [-0.39, 0.29) is 36.4 Å². The summed E-state index contributed by atoms with van der Waals surface area (Å²) in [6.07, 6.45) is 3.55. The van der Waals surface area contributed by atoms with Gasteiger partial charge < -0.3 is 19.5 Å². The summed E-state index contributed by atoms with van der Waals surface area (Å²) >= 11 is 0. The summed E-state index contributed by atoms with van der Waals surface area (Å²) in [5.41, 5.74) is 1.36. The number of nitrogens with zero attached hydrogens (tertiary/aromatic N) is 3. The van der Waals surface area contributed by atoms with Crippen LogP contribution >= 0.6 is 24.0 Å². The molecule has 1 atom stereocenters. The third-order valence-electron chi connectivity index (χ3n) is 4.86. The molecular weight excluding hydrogens is 467 g/mol.